The van der Waals surface area contributed by atoms with Crippen molar-refractivity contribution in [3.63, 3.8) is 0 Å². The summed E-state index contributed by atoms with van der Waals surface area (Å²) in [6.45, 7) is 7.59. The quantitative estimate of drug-likeness (QED) is 0.0476. The smallest absolute Gasteiger partial charge is 0.343 e. The summed E-state index contributed by atoms with van der Waals surface area (Å²) in [7, 11) is 0. The molecule has 3 rings (SSSR count). The molecule has 0 radical (unpaired) electrons. The Bertz CT molecular complexity index is 1100. The number of rotatable bonds is 16. The largest absolute Gasteiger partial charge is 0.494 e. The van der Waals surface area contributed by atoms with Gasteiger partial charge in [-0.05, 0) is 97.7 Å². The molecule has 5 nitrogen and oxygen atoms in total. The molecule has 0 N–H and O–H groups in total. The number of ether oxygens (including phenoxy) is 2. The second kappa shape index (κ2) is 16.3. The van der Waals surface area contributed by atoms with Gasteiger partial charge in [-0.25, -0.2) is 4.79 Å². The molecular weight excluding hydrogens is 476 g/mol. The van der Waals surface area contributed by atoms with E-state index in [0.29, 0.717) is 30.4 Å². The molecule has 0 heterocycles. The van der Waals surface area contributed by atoms with Crippen LogP contribution in [0.15, 0.2) is 85.1 Å². The molecule has 1 atom stereocenters. The van der Waals surface area contributed by atoms with E-state index in [2.05, 4.69) is 38.1 Å². The van der Waals surface area contributed by atoms with Gasteiger partial charge in [0.25, 0.3) is 0 Å². The van der Waals surface area contributed by atoms with Crippen molar-refractivity contribution in [2.45, 2.75) is 59.3 Å². The summed E-state index contributed by atoms with van der Waals surface area (Å²) in [5, 5.41) is 0. The lowest BCUT2D eigenvalue weighted by atomic mass is 9.97. The maximum Gasteiger partial charge on any atom is 0.343 e. The number of hydrogen-bond donors (Lipinski definition) is 0. The summed E-state index contributed by atoms with van der Waals surface area (Å²) in [5.74, 6) is 1.56. The Morgan fingerprint density at radius 2 is 1.39 bits per heavy atom. The van der Waals surface area contributed by atoms with Gasteiger partial charge in [0, 0.05) is 0 Å². The first-order valence-corrected chi connectivity index (χ1v) is 13.6. The van der Waals surface area contributed by atoms with Crippen LogP contribution < -0.4 is 9.47 Å². The molecule has 0 aliphatic heterocycles. The molecular formula is C33H40O5. The Labute approximate surface area is 227 Å². The van der Waals surface area contributed by atoms with Crippen molar-refractivity contribution in [1.82, 2.24) is 0 Å². The lowest BCUT2D eigenvalue weighted by molar-refractivity contribution is -0.249. The second-order valence-corrected chi connectivity index (χ2v) is 9.50. The van der Waals surface area contributed by atoms with Crippen LogP contribution in [0.1, 0.15) is 68.8 Å². The maximum absolute atomic E-state index is 12.6. The third kappa shape index (κ3) is 10.1. The maximum atomic E-state index is 12.6. The highest BCUT2D eigenvalue weighted by Gasteiger charge is 2.10. The van der Waals surface area contributed by atoms with E-state index >= 15 is 0 Å². The standard InChI is InChI=1S/C33H40O5/c1-4-22-36-37-24-9-7-6-8-23-35-31-18-16-30(17-19-31)33(34)38-32-20-14-29(15-21-32)28-12-10-27(11-13-28)25-26(3)5-2/h4,10-22,26H,5-9,23-25H2,1-3H3. The molecule has 0 spiro atoms. The van der Waals surface area contributed by atoms with E-state index in [-0.39, 0.29) is 5.97 Å². The van der Waals surface area contributed by atoms with Crippen LogP contribution in [-0.2, 0) is 16.2 Å². The van der Waals surface area contributed by atoms with Crippen LogP contribution in [0.4, 0.5) is 0 Å². The molecule has 0 fully saturated rings. The van der Waals surface area contributed by atoms with Gasteiger partial charge < -0.3 is 14.4 Å². The minimum atomic E-state index is -0.390. The molecule has 0 aromatic heterocycles. The van der Waals surface area contributed by atoms with Crippen molar-refractivity contribution in [2.75, 3.05) is 13.2 Å². The van der Waals surface area contributed by atoms with Gasteiger partial charge in [0.1, 0.15) is 17.8 Å². The summed E-state index contributed by atoms with van der Waals surface area (Å²) < 4.78 is 11.4. The highest BCUT2D eigenvalue weighted by atomic mass is 17.2. The molecule has 0 aliphatic carbocycles. The molecule has 202 valence electrons. The van der Waals surface area contributed by atoms with Crippen molar-refractivity contribution >= 4 is 5.97 Å². The Morgan fingerprint density at radius 3 is 2.03 bits per heavy atom. The van der Waals surface area contributed by atoms with E-state index < -0.39 is 0 Å². The molecule has 38 heavy (non-hydrogen) atoms. The lowest BCUT2D eigenvalue weighted by Gasteiger charge is -2.10. The van der Waals surface area contributed by atoms with E-state index in [1.807, 2.05) is 31.2 Å². The van der Waals surface area contributed by atoms with E-state index in [0.717, 1.165) is 49.0 Å². The van der Waals surface area contributed by atoms with Crippen LogP contribution in [0, 0.1) is 5.92 Å². The van der Waals surface area contributed by atoms with Crippen LogP contribution in [0.3, 0.4) is 0 Å². The van der Waals surface area contributed by atoms with E-state index in [1.165, 1.54) is 18.2 Å². The predicted octanol–water partition coefficient (Wildman–Crippen LogP) is 8.58. The van der Waals surface area contributed by atoms with Crippen LogP contribution in [0.5, 0.6) is 11.5 Å². The lowest BCUT2D eigenvalue weighted by Crippen LogP contribution is -2.08. The van der Waals surface area contributed by atoms with Crippen molar-refractivity contribution in [3.8, 4) is 22.6 Å². The number of hydrogen-bond acceptors (Lipinski definition) is 5. The Balaban J connectivity index is 1.39. The second-order valence-electron chi connectivity index (χ2n) is 9.50. The molecule has 3 aromatic rings. The van der Waals surface area contributed by atoms with Gasteiger partial charge >= 0.3 is 5.97 Å². The average molecular weight is 517 g/mol. The fourth-order valence-corrected chi connectivity index (χ4v) is 3.90. The predicted molar refractivity (Wildman–Crippen MR) is 152 cm³/mol. The van der Waals surface area contributed by atoms with Gasteiger partial charge in [-0.2, -0.15) is 4.89 Å². The molecule has 0 aliphatic rings. The fraction of sp³-hybridized carbons (Fsp3) is 0.364. The average Bonchev–Trinajstić information content (AvgIpc) is 2.95. The first-order valence-electron chi connectivity index (χ1n) is 13.6. The summed E-state index contributed by atoms with van der Waals surface area (Å²) in [6.07, 6.45) is 9.60. The van der Waals surface area contributed by atoms with E-state index in [9.17, 15) is 4.79 Å². The van der Waals surface area contributed by atoms with E-state index in [4.69, 9.17) is 19.2 Å². The first-order chi connectivity index (χ1) is 18.6. The van der Waals surface area contributed by atoms with Crippen molar-refractivity contribution in [2.24, 2.45) is 5.92 Å². The van der Waals surface area contributed by atoms with Crippen LogP contribution in [0.25, 0.3) is 11.1 Å². The molecule has 0 bridgehead atoms. The summed E-state index contributed by atoms with van der Waals surface area (Å²) >= 11 is 0. The molecule has 5 heteroatoms. The Kier molecular flexibility index (Phi) is 12.4. The summed E-state index contributed by atoms with van der Waals surface area (Å²) in [6, 6.07) is 23.4. The van der Waals surface area contributed by atoms with Crippen LogP contribution in [0.2, 0.25) is 0 Å². The number of esters is 1. The number of unbranched alkanes of at least 4 members (excludes halogenated alkanes) is 3. The Hall–Kier alpha value is -3.57. The van der Waals surface area contributed by atoms with Crippen LogP contribution in [-0.4, -0.2) is 19.2 Å². The summed E-state index contributed by atoms with van der Waals surface area (Å²) in [5.41, 5.74) is 4.08. The minimum Gasteiger partial charge on any atom is -0.494 e. The highest BCUT2D eigenvalue weighted by Crippen LogP contribution is 2.24. The summed E-state index contributed by atoms with van der Waals surface area (Å²) in [4.78, 5) is 22.4. The SMILES string of the molecule is CC=COOCCCCCCOc1ccc(C(=O)Oc2ccc(-c3ccc(CC(C)CC)cc3)cc2)cc1. The monoisotopic (exact) mass is 516 g/mol. The third-order valence-corrected chi connectivity index (χ3v) is 6.37. The van der Waals surface area contributed by atoms with Crippen molar-refractivity contribution in [3.05, 3.63) is 96.3 Å². The molecule has 0 amide bonds. The molecule has 1 unspecified atom stereocenters. The van der Waals surface area contributed by atoms with Gasteiger partial charge in [-0.3, -0.25) is 0 Å². The van der Waals surface area contributed by atoms with Crippen molar-refractivity contribution < 1.29 is 24.0 Å². The van der Waals surface area contributed by atoms with Gasteiger partial charge in [0.05, 0.1) is 18.8 Å². The number of carbonyl (C=O) groups is 1. The first kappa shape index (κ1) is 29.0. The fourth-order valence-electron chi connectivity index (χ4n) is 3.90. The molecule has 0 saturated heterocycles. The normalized spacial score (nSPS) is 11.9. The Morgan fingerprint density at radius 1 is 0.789 bits per heavy atom. The number of allylic oxidation sites excluding steroid dienone is 1. The van der Waals surface area contributed by atoms with E-state index in [1.54, 1.807) is 30.3 Å². The number of benzene rings is 3. The van der Waals surface area contributed by atoms with Gasteiger partial charge in [-0.1, -0.05) is 63.1 Å². The van der Waals surface area contributed by atoms with Crippen molar-refractivity contribution in [1.29, 1.82) is 0 Å². The topological polar surface area (TPSA) is 54.0 Å². The van der Waals surface area contributed by atoms with Gasteiger partial charge in [0.2, 0.25) is 0 Å². The van der Waals surface area contributed by atoms with Gasteiger partial charge in [0.15, 0.2) is 0 Å². The minimum absolute atomic E-state index is 0.390. The number of carbonyl (C=O) groups excluding carboxylic acids is 1. The zero-order chi connectivity index (χ0) is 27.0. The molecule has 3 aromatic carbocycles. The molecule has 0 saturated carbocycles. The highest BCUT2D eigenvalue weighted by molar-refractivity contribution is 5.91. The zero-order valence-electron chi connectivity index (χ0n) is 22.9. The zero-order valence-corrected chi connectivity index (χ0v) is 22.9. The van der Waals surface area contributed by atoms with Crippen LogP contribution >= 0.6 is 0 Å². The third-order valence-electron chi connectivity index (χ3n) is 6.37. The van der Waals surface area contributed by atoms with Gasteiger partial charge in [-0.15, -0.1) is 0 Å².